The van der Waals surface area contributed by atoms with Gasteiger partial charge in [0.15, 0.2) is 0 Å². The summed E-state index contributed by atoms with van der Waals surface area (Å²) < 4.78 is 2.91. The first-order valence-electron chi connectivity index (χ1n) is 5.44. The summed E-state index contributed by atoms with van der Waals surface area (Å²) in [5.41, 5.74) is 8.16. The van der Waals surface area contributed by atoms with Gasteiger partial charge >= 0.3 is 0 Å². The van der Waals surface area contributed by atoms with Gasteiger partial charge in [-0.2, -0.15) is 5.10 Å². The molecule has 4 heteroatoms. The average Bonchev–Trinajstić information content (AvgIpc) is 2.56. The van der Waals surface area contributed by atoms with Crippen LogP contribution in [-0.4, -0.2) is 9.78 Å². The van der Waals surface area contributed by atoms with E-state index >= 15 is 0 Å². The number of aromatic nitrogens is 2. The van der Waals surface area contributed by atoms with E-state index in [1.165, 1.54) is 0 Å². The minimum absolute atomic E-state index is 0.0544. The number of rotatable bonds is 2. The fourth-order valence-electron chi connectivity index (χ4n) is 1.80. The molecule has 0 aliphatic rings. The topological polar surface area (TPSA) is 43.8 Å². The number of nitrogens with zero attached hydrogens (tertiary/aromatic N) is 2. The summed E-state index contributed by atoms with van der Waals surface area (Å²) in [6.07, 6.45) is 0. The van der Waals surface area contributed by atoms with Crippen LogP contribution in [0.2, 0.25) is 0 Å². The lowest BCUT2D eigenvalue weighted by Gasteiger charge is -2.08. The van der Waals surface area contributed by atoms with E-state index < -0.39 is 0 Å². The molecule has 16 heavy (non-hydrogen) atoms. The molecule has 3 nitrogen and oxygen atoms in total. The molecule has 0 aliphatic heterocycles. The lowest BCUT2D eigenvalue weighted by molar-refractivity contribution is 0.548. The molecule has 86 valence electrons. The zero-order valence-corrected chi connectivity index (χ0v) is 11.3. The minimum atomic E-state index is 0.0544. The Hall–Kier alpha value is -0.870. The molecule has 1 atom stereocenters. The fraction of sp³-hybridized carbons (Fsp3) is 0.417. The molecule has 0 fully saturated rings. The second kappa shape index (κ2) is 4.18. The van der Waals surface area contributed by atoms with Gasteiger partial charge in [-0.15, -0.1) is 0 Å². The molecule has 0 saturated heterocycles. The number of hydrogen-bond acceptors (Lipinski definition) is 2. The molecule has 0 bridgehead atoms. The SMILES string of the molecule is CC(N)c1ccc2c(c1)c(Br)nn2C(C)C. The molecular weight excluding hydrogens is 266 g/mol. The average molecular weight is 282 g/mol. The molecule has 2 aromatic rings. The summed E-state index contributed by atoms with van der Waals surface area (Å²) in [6, 6.07) is 6.68. The maximum absolute atomic E-state index is 5.88. The van der Waals surface area contributed by atoms with Gasteiger partial charge in [0.25, 0.3) is 0 Å². The third-order valence-corrected chi connectivity index (χ3v) is 3.29. The van der Waals surface area contributed by atoms with Crippen LogP contribution in [0.15, 0.2) is 22.8 Å². The van der Waals surface area contributed by atoms with Crippen molar-refractivity contribution in [3.8, 4) is 0 Å². The summed E-state index contributed by atoms with van der Waals surface area (Å²) in [6.45, 7) is 6.23. The molecule has 0 saturated carbocycles. The first-order chi connectivity index (χ1) is 7.50. The van der Waals surface area contributed by atoms with E-state index in [1.54, 1.807) is 0 Å². The first-order valence-corrected chi connectivity index (χ1v) is 6.23. The highest BCUT2D eigenvalue weighted by Gasteiger charge is 2.11. The molecule has 0 spiro atoms. The van der Waals surface area contributed by atoms with Gasteiger partial charge in [0.1, 0.15) is 4.60 Å². The third-order valence-electron chi connectivity index (χ3n) is 2.70. The van der Waals surface area contributed by atoms with Crippen molar-refractivity contribution in [2.75, 3.05) is 0 Å². The predicted octanol–water partition coefficient (Wildman–Crippen LogP) is 3.40. The van der Waals surface area contributed by atoms with Crippen LogP contribution in [0.25, 0.3) is 10.9 Å². The summed E-state index contributed by atoms with van der Waals surface area (Å²) in [5.74, 6) is 0. The third kappa shape index (κ3) is 1.87. The highest BCUT2D eigenvalue weighted by atomic mass is 79.9. The van der Waals surface area contributed by atoms with Crippen molar-refractivity contribution in [1.82, 2.24) is 9.78 Å². The Bertz CT molecular complexity index is 514. The van der Waals surface area contributed by atoms with Crippen molar-refractivity contribution in [3.05, 3.63) is 28.4 Å². The molecule has 1 unspecified atom stereocenters. The van der Waals surface area contributed by atoms with E-state index in [0.29, 0.717) is 6.04 Å². The van der Waals surface area contributed by atoms with Crippen LogP contribution in [-0.2, 0) is 0 Å². The second-order valence-corrected chi connectivity index (χ2v) is 5.15. The summed E-state index contributed by atoms with van der Waals surface area (Å²) in [5, 5.41) is 5.61. The Morgan fingerprint density at radius 2 is 2.00 bits per heavy atom. The normalized spacial score (nSPS) is 13.6. The molecule has 0 amide bonds. The van der Waals surface area contributed by atoms with Crippen LogP contribution in [0.4, 0.5) is 0 Å². The summed E-state index contributed by atoms with van der Waals surface area (Å²) >= 11 is 3.50. The quantitative estimate of drug-likeness (QED) is 0.917. The van der Waals surface area contributed by atoms with Gasteiger partial charge in [-0.3, -0.25) is 4.68 Å². The van der Waals surface area contributed by atoms with Gasteiger partial charge in [-0.1, -0.05) is 6.07 Å². The first kappa shape index (κ1) is 11.6. The number of halogens is 1. The summed E-state index contributed by atoms with van der Waals surface area (Å²) in [7, 11) is 0. The monoisotopic (exact) mass is 281 g/mol. The number of fused-ring (bicyclic) bond motifs is 1. The van der Waals surface area contributed by atoms with E-state index in [-0.39, 0.29) is 6.04 Å². The Balaban J connectivity index is 2.67. The molecular formula is C12H16BrN3. The molecule has 1 aromatic carbocycles. The van der Waals surface area contributed by atoms with Crippen LogP contribution >= 0.6 is 15.9 Å². The lowest BCUT2D eigenvalue weighted by atomic mass is 10.1. The van der Waals surface area contributed by atoms with Gasteiger partial charge in [0.2, 0.25) is 0 Å². The molecule has 1 heterocycles. The van der Waals surface area contributed by atoms with E-state index in [2.05, 4.69) is 53.1 Å². The smallest absolute Gasteiger partial charge is 0.136 e. The molecule has 1 aromatic heterocycles. The summed E-state index contributed by atoms with van der Waals surface area (Å²) in [4.78, 5) is 0. The Labute approximate surface area is 104 Å². The van der Waals surface area contributed by atoms with E-state index in [9.17, 15) is 0 Å². The number of benzene rings is 1. The fourth-order valence-corrected chi connectivity index (χ4v) is 2.29. The maximum atomic E-state index is 5.88. The Morgan fingerprint density at radius 3 is 2.56 bits per heavy atom. The van der Waals surface area contributed by atoms with Gasteiger partial charge in [-0.05, 0) is 54.4 Å². The standard InChI is InChI=1S/C12H16BrN3/c1-7(2)16-11-5-4-9(8(3)14)6-10(11)12(13)15-16/h4-8H,14H2,1-3H3. The van der Waals surface area contributed by atoms with Gasteiger partial charge in [0.05, 0.1) is 5.52 Å². The van der Waals surface area contributed by atoms with Crippen LogP contribution in [0.1, 0.15) is 38.4 Å². The zero-order valence-electron chi connectivity index (χ0n) is 9.74. The number of nitrogens with two attached hydrogens (primary N) is 1. The highest BCUT2D eigenvalue weighted by Crippen LogP contribution is 2.28. The Morgan fingerprint density at radius 1 is 1.31 bits per heavy atom. The van der Waals surface area contributed by atoms with E-state index in [0.717, 1.165) is 21.1 Å². The molecule has 2 N–H and O–H groups in total. The van der Waals surface area contributed by atoms with Crippen molar-refractivity contribution in [1.29, 1.82) is 0 Å². The van der Waals surface area contributed by atoms with Crippen molar-refractivity contribution < 1.29 is 0 Å². The van der Waals surface area contributed by atoms with Crippen molar-refractivity contribution in [3.63, 3.8) is 0 Å². The van der Waals surface area contributed by atoms with Crippen LogP contribution < -0.4 is 5.73 Å². The number of hydrogen-bond donors (Lipinski definition) is 1. The largest absolute Gasteiger partial charge is 0.324 e. The molecule has 0 aliphatic carbocycles. The second-order valence-electron chi connectivity index (χ2n) is 4.39. The van der Waals surface area contributed by atoms with Crippen molar-refractivity contribution >= 4 is 26.8 Å². The van der Waals surface area contributed by atoms with Gasteiger partial charge in [-0.25, -0.2) is 0 Å². The predicted molar refractivity (Wildman–Crippen MR) is 70.4 cm³/mol. The Kier molecular flexibility index (Phi) is 3.04. The highest BCUT2D eigenvalue weighted by molar-refractivity contribution is 9.10. The molecule has 2 rings (SSSR count). The lowest BCUT2D eigenvalue weighted by Crippen LogP contribution is -2.05. The van der Waals surface area contributed by atoms with Crippen LogP contribution in [0.5, 0.6) is 0 Å². The van der Waals surface area contributed by atoms with E-state index in [1.807, 2.05) is 11.6 Å². The zero-order chi connectivity index (χ0) is 11.9. The van der Waals surface area contributed by atoms with E-state index in [4.69, 9.17) is 5.73 Å². The van der Waals surface area contributed by atoms with Crippen LogP contribution in [0, 0.1) is 0 Å². The maximum Gasteiger partial charge on any atom is 0.136 e. The van der Waals surface area contributed by atoms with Gasteiger partial charge < -0.3 is 5.73 Å². The van der Waals surface area contributed by atoms with Crippen molar-refractivity contribution in [2.24, 2.45) is 5.73 Å². The van der Waals surface area contributed by atoms with Crippen LogP contribution in [0.3, 0.4) is 0 Å². The minimum Gasteiger partial charge on any atom is -0.324 e. The van der Waals surface area contributed by atoms with Crippen molar-refractivity contribution in [2.45, 2.75) is 32.9 Å². The van der Waals surface area contributed by atoms with Gasteiger partial charge in [0, 0.05) is 17.5 Å². The molecule has 0 radical (unpaired) electrons.